The zero-order chi connectivity index (χ0) is 14.7. The van der Waals surface area contributed by atoms with Gasteiger partial charge in [0.1, 0.15) is 0 Å². The molecule has 2 heterocycles. The lowest BCUT2D eigenvalue weighted by atomic mass is 9.78. The highest BCUT2D eigenvalue weighted by Crippen LogP contribution is 2.63. The molecule has 0 bridgehead atoms. The van der Waals surface area contributed by atoms with Crippen LogP contribution in [0.1, 0.15) is 51.9 Å². The van der Waals surface area contributed by atoms with Gasteiger partial charge in [0.25, 0.3) is 0 Å². The maximum Gasteiger partial charge on any atom is 0.389 e. The van der Waals surface area contributed by atoms with E-state index in [1.165, 1.54) is 56.5 Å². The SMILES string of the molecule is CC1CCOP(=O)(SCCN2CCCC3CCCCC32)O1. The van der Waals surface area contributed by atoms with Gasteiger partial charge in [0.2, 0.25) is 0 Å². The summed E-state index contributed by atoms with van der Waals surface area (Å²) in [5, 5.41) is 0. The van der Waals surface area contributed by atoms with Crippen molar-refractivity contribution in [3.8, 4) is 0 Å². The first-order chi connectivity index (χ1) is 10.2. The van der Waals surface area contributed by atoms with E-state index in [4.69, 9.17) is 9.05 Å². The Morgan fingerprint density at radius 1 is 1.19 bits per heavy atom. The number of fused-ring (bicyclic) bond motifs is 1. The van der Waals surface area contributed by atoms with Crippen LogP contribution in [0.2, 0.25) is 0 Å². The Balaban J connectivity index is 1.47. The maximum absolute atomic E-state index is 12.5. The van der Waals surface area contributed by atoms with Crippen molar-refractivity contribution in [2.24, 2.45) is 5.92 Å². The standard InChI is InChI=1S/C15H28NO3PS/c1-13-8-11-18-20(17,19-13)21-12-10-16-9-4-6-14-5-2-3-7-15(14)16/h13-15H,2-12H2,1H3. The van der Waals surface area contributed by atoms with Crippen molar-refractivity contribution in [3.05, 3.63) is 0 Å². The molecule has 4 nitrogen and oxygen atoms in total. The van der Waals surface area contributed by atoms with Gasteiger partial charge in [0.05, 0.1) is 12.7 Å². The second-order valence-corrected chi connectivity index (χ2v) is 10.8. The molecule has 0 N–H and O–H groups in total. The molecular weight excluding hydrogens is 305 g/mol. The van der Waals surface area contributed by atoms with E-state index in [-0.39, 0.29) is 6.10 Å². The van der Waals surface area contributed by atoms with Gasteiger partial charge in [-0.25, -0.2) is 4.57 Å². The van der Waals surface area contributed by atoms with Crippen LogP contribution in [-0.4, -0.2) is 42.5 Å². The van der Waals surface area contributed by atoms with E-state index in [2.05, 4.69) is 4.90 Å². The number of nitrogens with zero attached hydrogens (tertiary/aromatic N) is 1. The van der Waals surface area contributed by atoms with E-state index in [1.54, 1.807) is 0 Å². The minimum Gasteiger partial charge on any atom is -0.301 e. The molecule has 0 aromatic rings. The fourth-order valence-electron chi connectivity index (χ4n) is 3.98. The van der Waals surface area contributed by atoms with Crippen LogP contribution in [0.3, 0.4) is 0 Å². The van der Waals surface area contributed by atoms with Crippen LogP contribution in [0.25, 0.3) is 0 Å². The Morgan fingerprint density at radius 2 is 2.00 bits per heavy atom. The summed E-state index contributed by atoms with van der Waals surface area (Å²) < 4.78 is 23.4. The van der Waals surface area contributed by atoms with Crippen LogP contribution in [0.15, 0.2) is 0 Å². The molecule has 3 rings (SSSR count). The van der Waals surface area contributed by atoms with Gasteiger partial charge in [-0.15, -0.1) is 0 Å². The van der Waals surface area contributed by atoms with Crippen molar-refractivity contribution in [2.45, 2.75) is 64.0 Å². The summed E-state index contributed by atoms with van der Waals surface area (Å²) in [6.07, 6.45) is 9.22. The second-order valence-electron chi connectivity index (χ2n) is 6.61. The first kappa shape index (κ1) is 16.3. The first-order valence-electron chi connectivity index (χ1n) is 8.48. The van der Waals surface area contributed by atoms with Crippen molar-refractivity contribution in [2.75, 3.05) is 25.4 Å². The van der Waals surface area contributed by atoms with E-state index in [9.17, 15) is 4.57 Å². The van der Waals surface area contributed by atoms with Crippen molar-refractivity contribution in [1.29, 1.82) is 0 Å². The fraction of sp³-hybridized carbons (Fsp3) is 1.00. The summed E-state index contributed by atoms with van der Waals surface area (Å²) in [4.78, 5) is 2.64. The third-order valence-electron chi connectivity index (χ3n) is 5.07. The number of hydrogen-bond donors (Lipinski definition) is 0. The van der Waals surface area contributed by atoms with E-state index in [0.29, 0.717) is 6.61 Å². The maximum atomic E-state index is 12.5. The number of hydrogen-bond acceptors (Lipinski definition) is 5. The number of piperidine rings is 1. The first-order valence-corrected chi connectivity index (χ1v) is 11.6. The lowest BCUT2D eigenvalue weighted by molar-refractivity contribution is 0.0666. The van der Waals surface area contributed by atoms with E-state index in [0.717, 1.165) is 30.7 Å². The minimum atomic E-state index is -2.88. The van der Waals surface area contributed by atoms with Crippen LogP contribution in [0.5, 0.6) is 0 Å². The molecule has 0 amide bonds. The Kier molecular flexibility index (Phi) is 5.72. The summed E-state index contributed by atoms with van der Waals surface area (Å²) in [5.41, 5.74) is 0. The van der Waals surface area contributed by atoms with Crippen LogP contribution in [-0.2, 0) is 13.6 Å². The zero-order valence-corrected chi connectivity index (χ0v) is 14.7. The van der Waals surface area contributed by atoms with Crippen molar-refractivity contribution in [3.63, 3.8) is 0 Å². The van der Waals surface area contributed by atoms with Crippen LogP contribution < -0.4 is 0 Å². The summed E-state index contributed by atoms with van der Waals surface area (Å²) in [6, 6.07) is 0.779. The van der Waals surface area contributed by atoms with Gasteiger partial charge in [-0.2, -0.15) is 0 Å². The largest absolute Gasteiger partial charge is 0.389 e. The molecule has 2 aliphatic heterocycles. The smallest absolute Gasteiger partial charge is 0.301 e. The van der Waals surface area contributed by atoms with E-state index >= 15 is 0 Å². The minimum absolute atomic E-state index is 0.0646. The highest BCUT2D eigenvalue weighted by Gasteiger charge is 2.35. The van der Waals surface area contributed by atoms with Gasteiger partial charge in [-0.05, 0) is 62.9 Å². The number of rotatable bonds is 4. The molecule has 6 heteroatoms. The highest BCUT2D eigenvalue weighted by molar-refractivity contribution is 8.55. The Bertz CT molecular complexity index is 393. The lowest BCUT2D eigenvalue weighted by Gasteiger charge is -2.44. The predicted molar refractivity (Wildman–Crippen MR) is 87.7 cm³/mol. The van der Waals surface area contributed by atoms with Crippen LogP contribution in [0, 0.1) is 5.92 Å². The molecule has 0 spiro atoms. The molecule has 0 aromatic heterocycles. The summed E-state index contributed by atoms with van der Waals surface area (Å²) >= 11 is 1.41. The Morgan fingerprint density at radius 3 is 2.86 bits per heavy atom. The van der Waals surface area contributed by atoms with Crippen LogP contribution in [0.4, 0.5) is 0 Å². The molecule has 3 fully saturated rings. The van der Waals surface area contributed by atoms with Crippen molar-refractivity contribution < 1.29 is 13.6 Å². The van der Waals surface area contributed by atoms with Crippen molar-refractivity contribution in [1.82, 2.24) is 4.90 Å². The molecule has 4 unspecified atom stereocenters. The molecule has 21 heavy (non-hydrogen) atoms. The highest BCUT2D eigenvalue weighted by atomic mass is 32.7. The third kappa shape index (κ3) is 4.26. The van der Waals surface area contributed by atoms with Gasteiger partial charge >= 0.3 is 6.80 Å². The van der Waals surface area contributed by atoms with Gasteiger partial charge in [-0.3, -0.25) is 9.42 Å². The van der Waals surface area contributed by atoms with E-state index in [1.807, 2.05) is 6.92 Å². The topological polar surface area (TPSA) is 38.8 Å². The van der Waals surface area contributed by atoms with Gasteiger partial charge < -0.3 is 4.52 Å². The average molecular weight is 333 g/mol. The molecule has 4 atom stereocenters. The molecule has 122 valence electrons. The predicted octanol–water partition coefficient (Wildman–Crippen LogP) is 4.31. The van der Waals surface area contributed by atoms with Gasteiger partial charge in [0, 0.05) is 18.3 Å². The zero-order valence-electron chi connectivity index (χ0n) is 13.0. The molecule has 1 saturated carbocycles. The van der Waals surface area contributed by atoms with Crippen molar-refractivity contribution >= 4 is 18.2 Å². The quantitative estimate of drug-likeness (QED) is 0.717. The molecule has 3 aliphatic rings. The third-order valence-corrected chi connectivity index (χ3v) is 8.94. The molecule has 1 aliphatic carbocycles. The van der Waals surface area contributed by atoms with Gasteiger partial charge in [0.15, 0.2) is 0 Å². The summed E-state index contributed by atoms with van der Waals surface area (Å²) in [6.45, 7) is 1.90. The summed E-state index contributed by atoms with van der Waals surface area (Å²) in [7, 11) is 0. The normalized spacial score (nSPS) is 41.7. The van der Waals surface area contributed by atoms with Crippen LogP contribution >= 0.6 is 18.2 Å². The molecule has 0 aromatic carbocycles. The lowest BCUT2D eigenvalue weighted by Crippen LogP contribution is -2.47. The monoisotopic (exact) mass is 333 g/mol. The molecule has 2 saturated heterocycles. The number of likely N-dealkylation sites (tertiary alicyclic amines) is 1. The summed E-state index contributed by atoms with van der Waals surface area (Å²) in [5.74, 6) is 1.77. The molecule has 0 radical (unpaired) electrons. The average Bonchev–Trinajstić information content (AvgIpc) is 2.47. The molecular formula is C15H28NO3PS. The fourth-order valence-corrected chi connectivity index (χ4v) is 7.57. The van der Waals surface area contributed by atoms with Gasteiger partial charge in [-0.1, -0.05) is 12.8 Å². The second kappa shape index (κ2) is 7.35. The Hall–Kier alpha value is 0.460. The van der Waals surface area contributed by atoms with E-state index < -0.39 is 6.80 Å². The Labute approximate surface area is 132 Å².